The number of fused-ring (bicyclic) bond motifs is 2. The topological polar surface area (TPSA) is 120 Å². The number of H-pyrrole nitrogens is 2. The molecule has 0 amide bonds. The van der Waals surface area contributed by atoms with Crippen LogP contribution in [-0.2, 0) is 17.8 Å². The quantitative estimate of drug-likeness (QED) is 0.328. The van der Waals surface area contributed by atoms with Gasteiger partial charge in [0.05, 0.1) is 17.6 Å². The van der Waals surface area contributed by atoms with Crippen molar-refractivity contribution in [1.82, 2.24) is 20.5 Å². The van der Waals surface area contributed by atoms with Crippen LogP contribution in [0.1, 0.15) is 36.8 Å². The number of carbonyl (C=O) groups is 1. The van der Waals surface area contributed by atoms with Gasteiger partial charge in [0, 0.05) is 34.9 Å². The Morgan fingerprint density at radius 2 is 1.87 bits per heavy atom. The van der Waals surface area contributed by atoms with Crippen LogP contribution in [0.25, 0.3) is 33.2 Å². The third-order valence-electron chi connectivity index (χ3n) is 6.29. The Morgan fingerprint density at radius 3 is 2.68 bits per heavy atom. The van der Waals surface area contributed by atoms with Gasteiger partial charge in [-0.1, -0.05) is 18.2 Å². The molecule has 2 heterocycles. The maximum Gasteiger partial charge on any atom is 0.307 e. The minimum atomic E-state index is -0.841. The molecular formula is C24H27N5O2. The van der Waals surface area contributed by atoms with E-state index in [0.29, 0.717) is 12.1 Å². The summed E-state index contributed by atoms with van der Waals surface area (Å²) in [7, 11) is 0. The minimum absolute atomic E-state index is 0.00114. The molecule has 5 rings (SSSR count). The molecular weight excluding hydrogens is 390 g/mol. The summed E-state index contributed by atoms with van der Waals surface area (Å²) in [4.78, 5) is 14.4. The molecule has 0 aliphatic heterocycles. The molecule has 1 aliphatic carbocycles. The van der Waals surface area contributed by atoms with Gasteiger partial charge in [-0.05, 0) is 61.1 Å². The standard InChI is InChI=1S/C24H27N5O2/c25-17-3-5-18(6-4-17)26-13-15-2-8-20-16(9-15)12-22(27-20)24-19-7-1-14(11-23(30)31)10-21(19)28-29-24/h1-2,7-10,12,17-18,26-27H,3-6,11,13,25H2,(H,28,29)(H,30,31). The number of carboxylic acids is 1. The van der Waals surface area contributed by atoms with Crippen LogP contribution < -0.4 is 11.1 Å². The first-order valence-corrected chi connectivity index (χ1v) is 10.8. The lowest BCUT2D eigenvalue weighted by Crippen LogP contribution is -2.36. The SMILES string of the molecule is NC1CCC(NCc2ccc3[nH]c(-c4n[nH]c5cc(CC(=O)O)ccc45)cc3c2)CC1. The van der Waals surface area contributed by atoms with E-state index < -0.39 is 5.97 Å². The molecule has 31 heavy (non-hydrogen) atoms. The lowest BCUT2D eigenvalue weighted by molar-refractivity contribution is -0.136. The van der Waals surface area contributed by atoms with Crippen LogP contribution in [0.2, 0.25) is 0 Å². The highest BCUT2D eigenvalue weighted by Crippen LogP contribution is 2.29. The summed E-state index contributed by atoms with van der Waals surface area (Å²) in [6, 6.07) is 15.2. The zero-order valence-electron chi connectivity index (χ0n) is 17.3. The molecule has 0 unspecified atom stereocenters. The van der Waals surface area contributed by atoms with E-state index in [1.54, 1.807) is 0 Å². The van der Waals surface area contributed by atoms with Gasteiger partial charge in [-0.15, -0.1) is 0 Å². The normalized spacial score (nSPS) is 19.3. The second-order valence-electron chi connectivity index (χ2n) is 8.62. The van der Waals surface area contributed by atoms with E-state index >= 15 is 0 Å². The number of hydrogen-bond acceptors (Lipinski definition) is 4. The summed E-state index contributed by atoms with van der Waals surface area (Å²) >= 11 is 0. The monoisotopic (exact) mass is 417 g/mol. The summed E-state index contributed by atoms with van der Waals surface area (Å²) in [5, 5.41) is 22.3. The molecule has 2 aromatic heterocycles. The van der Waals surface area contributed by atoms with Crippen LogP contribution in [0.3, 0.4) is 0 Å². The lowest BCUT2D eigenvalue weighted by atomic mass is 9.92. The lowest BCUT2D eigenvalue weighted by Gasteiger charge is -2.27. The molecule has 160 valence electrons. The van der Waals surface area contributed by atoms with Gasteiger partial charge in [0.1, 0.15) is 5.69 Å². The number of aliphatic carboxylic acids is 1. The highest BCUT2D eigenvalue weighted by atomic mass is 16.4. The number of nitrogens with two attached hydrogens (primary N) is 1. The van der Waals surface area contributed by atoms with Gasteiger partial charge in [-0.2, -0.15) is 5.10 Å². The average molecular weight is 418 g/mol. The van der Waals surface area contributed by atoms with Crippen LogP contribution in [-0.4, -0.2) is 38.3 Å². The van der Waals surface area contributed by atoms with Crippen LogP contribution >= 0.6 is 0 Å². The molecule has 0 radical (unpaired) electrons. The fourth-order valence-electron chi connectivity index (χ4n) is 4.56. The zero-order valence-corrected chi connectivity index (χ0v) is 17.3. The van der Waals surface area contributed by atoms with E-state index in [9.17, 15) is 4.79 Å². The van der Waals surface area contributed by atoms with Crippen molar-refractivity contribution < 1.29 is 9.90 Å². The van der Waals surface area contributed by atoms with E-state index in [2.05, 4.69) is 44.8 Å². The van der Waals surface area contributed by atoms with Gasteiger partial charge in [0.15, 0.2) is 0 Å². The van der Waals surface area contributed by atoms with Crippen molar-refractivity contribution in [1.29, 1.82) is 0 Å². The number of carboxylic acid groups (broad SMARTS) is 1. The number of nitrogens with zero attached hydrogens (tertiary/aromatic N) is 1. The van der Waals surface area contributed by atoms with Crippen LogP contribution in [0.4, 0.5) is 0 Å². The van der Waals surface area contributed by atoms with E-state index in [1.807, 2.05) is 18.2 Å². The summed E-state index contributed by atoms with van der Waals surface area (Å²) < 4.78 is 0. The molecule has 1 saturated carbocycles. The third kappa shape index (κ3) is 4.19. The molecule has 6 N–H and O–H groups in total. The number of aromatic nitrogens is 3. The first-order chi connectivity index (χ1) is 15.0. The van der Waals surface area contributed by atoms with Gasteiger partial charge in [0.2, 0.25) is 0 Å². The van der Waals surface area contributed by atoms with Gasteiger partial charge < -0.3 is 21.1 Å². The molecule has 7 nitrogen and oxygen atoms in total. The molecule has 1 aliphatic rings. The van der Waals surface area contributed by atoms with E-state index in [1.165, 1.54) is 5.56 Å². The van der Waals surface area contributed by atoms with Crippen molar-refractivity contribution in [2.45, 2.75) is 50.7 Å². The Balaban J connectivity index is 1.35. The second-order valence-corrected chi connectivity index (χ2v) is 8.62. The molecule has 4 aromatic rings. The van der Waals surface area contributed by atoms with Crippen LogP contribution in [0.5, 0.6) is 0 Å². The van der Waals surface area contributed by atoms with Gasteiger partial charge >= 0.3 is 5.97 Å². The van der Waals surface area contributed by atoms with Crippen LogP contribution in [0, 0.1) is 0 Å². The number of aromatic amines is 2. The Bertz CT molecular complexity index is 1230. The molecule has 0 atom stereocenters. The van der Waals surface area contributed by atoms with Crippen molar-refractivity contribution in [2.75, 3.05) is 0 Å². The summed E-state index contributed by atoms with van der Waals surface area (Å²) in [6.07, 6.45) is 4.51. The summed E-state index contributed by atoms with van der Waals surface area (Å²) in [5.41, 5.74) is 11.7. The second kappa shape index (κ2) is 8.17. The maximum absolute atomic E-state index is 11.0. The maximum atomic E-state index is 11.0. The van der Waals surface area contributed by atoms with E-state index in [4.69, 9.17) is 10.8 Å². The smallest absolute Gasteiger partial charge is 0.307 e. The van der Waals surface area contributed by atoms with Crippen molar-refractivity contribution in [3.63, 3.8) is 0 Å². The van der Waals surface area contributed by atoms with Crippen molar-refractivity contribution in [3.8, 4) is 11.4 Å². The molecule has 0 spiro atoms. The first kappa shape index (κ1) is 19.8. The minimum Gasteiger partial charge on any atom is -0.481 e. The zero-order chi connectivity index (χ0) is 21.4. The third-order valence-corrected chi connectivity index (χ3v) is 6.29. The number of rotatable bonds is 6. The average Bonchev–Trinajstić information content (AvgIpc) is 3.36. The Kier molecular flexibility index (Phi) is 5.21. The Labute approximate surface area is 180 Å². The van der Waals surface area contributed by atoms with Crippen LogP contribution in [0.15, 0.2) is 42.5 Å². The van der Waals surface area contributed by atoms with E-state index in [-0.39, 0.29) is 6.42 Å². The fourth-order valence-corrected chi connectivity index (χ4v) is 4.56. The highest BCUT2D eigenvalue weighted by Gasteiger charge is 2.18. The highest BCUT2D eigenvalue weighted by molar-refractivity contribution is 5.96. The molecule has 0 bridgehead atoms. The van der Waals surface area contributed by atoms with E-state index in [0.717, 1.165) is 71.0 Å². The number of hydrogen-bond donors (Lipinski definition) is 5. The van der Waals surface area contributed by atoms with Gasteiger partial charge in [0.25, 0.3) is 0 Å². The molecule has 0 saturated heterocycles. The van der Waals surface area contributed by atoms with Gasteiger partial charge in [-0.25, -0.2) is 0 Å². The number of benzene rings is 2. The summed E-state index contributed by atoms with van der Waals surface area (Å²) in [5.74, 6) is -0.841. The molecule has 1 fully saturated rings. The van der Waals surface area contributed by atoms with Crippen molar-refractivity contribution in [2.24, 2.45) is 5.73 Å². The fraction of sp³-hybridized carbons (Fsp3) is 0.333. The Hall–Kier alpha value is -3.16. The Morgan fingerprint density at radius 1 is 1.06 bits per heavy atom. The largest absolute Gasteiger partial charge is 0.481 e. The van der Waals surface area contributed by atoms with Crippen molar-refractivity contribution in [3.05, 3.63) is 53.6 Å². The predicted molar refractivity (Wildman–Crippen MR) is 122 cm³/mol. The molecule has 7 heteroatoms. The number of nitrogens with one attached hydrogen (secondary N) is 3. The first-order valence-electron chi connectivity index (χ1n) is 10.8. The van der Waals surface area contributed by atoms with Crippen molar-refractivity contribution >= 4 is 27.8 Å². The molecule has 2 aromatic carbocycles. The van der Waals surface area contributed by atoms with Gasteiger partial charge in [-0.3, -0.25) is 9.89 Å². The summed E-state index contributed by atoms with van der Waals surface area (Å²) in [6.45, 7) is 0.855. The predicted octanol–water partition coefficient (Wildman–Crippen LogP) is 3.70.